The van der Waals surface area contributed by atoms with Gasteiger partial charge < -0.3 is 21.5 Å². The normalized spacial score (nSPS) is 11.3. The molecule has 0 aliphatic heterocycles. The maximum Gasteiger partial charge on any atom is 0.411 e. The van der Waals surface area contributed by atoms with Gasteiger partial charge >= 0.3 is 6.09 Å². The average molecular weight is 280 g/mol. The van der Waals surface area contributed by atoms with Crippen molar-refractivity contribution in [3.8, 4) is 0 Å². The van der Waals surface area contributed by atoms with E-state index in [1.165, 1.54) is 13.2 Å². The highest BCUT2D eigenvalue weighted by molar-refractivity contribution is 5.97. The third-order valence-corrected chi connectivity index (χ3v) is 2.32. The lowest BCUT2D eigenvalue weighted by Crippen LogP contribution is -2.39. The zero-order chi connectivity index (χ0) is 15.1. The van der Waals surface area contributed by atoms with Crippen LogP contribution in [0.15, 0.2) is 24.3 Å². The van der Waals surface area contributed by atoms with Crippen molar-refractivity contribution in [3.63, 3.8) is 0 Å². The molecule has 3 amide bonds. The number of carbonyl (C=O) groups is 3. The van der Waals surface area contributed by atoms with Crippen LogP contribution >= 0.6 is 0 Å². The number of amides is 3. The number of hydrogen-bond donors (Lipinski definition) is 4. The van der Waals surface area contributed by atoms with E-state index < -0.39 is 23.9 Å². The Bertz CT molecular complexity index is 518. The number of nitrogens with one attached hydrogen (secondary N) is 2. The van der Waals surface area contributed by atoms with Crippen molar-refractivity contribution in [2.45, 2.75) is 12.5 Å². The first-order chi connectivity index (χ1) is 9.42. The number of hydrogen-bond acceptors (Lipinski definition) is 5. The van der Waals surface area contributed by atoms with Gasteiger partial charge in [-0.2, -0.15) is 0 Å². The van der Waals surface area contributed by atoms with Crippen LogP contribution in [0.3, 0.4) is 0 Å². The number of anilines is 2. The summed E-state index contributed by atoms with van der Waals surface area (Å²) in [6.07, 6.45) is -0.870. The number of benzene rings is 1. The Morgan fingerprint density at radius 2 is 1.85 bits per heavy atom. The maximum absolute atomic E-state index is 11.7. The SMILES string of the molecule is COC(=O)Nc1cccc(NC(=O)C(N)CC(N)=O)c1. The average Bonchev–Trinajstić information content (AvgIpc) is 2.38. The predicted octanol–water partition coefficient (Wildman–Crippen LogP) is 0.00610. The zero-order valence-electron chi connectivity index (χ0n) is 10.9. The molecule has 0 saturated carbocycles. The number of primary amides is 1. The van der Waals surface area contributed by atoms with Crippen LogP contribution < -0.4 is 22.1 Å². The van der Waals surface area contributed by atoms with Gasteiger partial charge in [0.05, 0.1) is 19.6 Å². The summed E-state index contributed by atoms with van der Waals surface area (Å²) in [6, 6.07) is 5.35. The molecule has 0 aliphatic rings. The molecule has 108 valence electrons. The van der Waals surface area contributed by atoms with Gasteiger partial charge in [-0.1, -0.05) is 6.07 Å². The summed E-state index contributed by atoms with van der Waals surface area (Å²) in [6.45, 7) is 0. The molecule has 6 N–H and O–H groups in total. The lowest BCUT2D eigenvalue weighted by molar-refractivity contribution is -0.123. The monoisotopic (exact) mass is 280 g/mol. The fourth-order valence-electron chi connectivity index (χ4n) is 1.39. The van der Waals surface area contributed by atoms with Gasteiger partial charge in [0.2, 0.25) is 11.8 Å². The van der Waals surface area contributed by atoms with Gasteiger partial charge in [0.1, 0.15) is 0 Å². The fourth-order valence-corrected chi connectivity index (χ4v) is 1.39. The quantitative estimate of drug-likeness (QED) is 0.602. The first-order valence-electron chi connectivity index (χ1n) is 5.72. The zero-order valence-corrected chi connectivity index (χ0v) is 10.9. The molecule has 0 heterocycles. The van der Waals surface area contributed by atoms with Gasteiger partial charge in [-0.25, -0.2) is 4.79 Å². The van der Waals surface area contributed by atoms with Crippen molar-refractivity contribution in [3.05, 3.63) is 24.3 Å². The first kappa shape index (κ1) is 15.4. The highest BCUT2D eigenvalue weighted by Crippen LogP contribution is 2.15. The van der Waals surface area contributed by atoms with Crippen LogP contribution in [0.4, 0.5) is 16.2 Å². The number of nitrogens with two attached hydrogens (primary N) is 2. The number of ether oxygens (including phenoxy) is 1. The lowest BCUT2D eigenvalue weighted by Gasteiger charge is -2.11. The molecule has 0 aliphatic carbocycles. The van der Waals surface area contributed by atoms with Gasteiger partial charge in [0, 0.05) is 11.4 Å². The first-order valence-corrected chi connectivity index (χ1v) is 5.72. The molecule has 20 heavy (non-hydrogen) atoms. The third-order valence-electron chi connectivity index (χ3n) is 2.32. The van der Waals surface area contributed by atoms with Crippen LogP contribution in [0.25, 0.3) is 0 Å². The number of methoxy groups -OCH3 is 1. The predicted molar refractivity (Wildman–Crippen MR) is 72.9 cm³/mol. The summed E-state index contributed by atoms with van der Waals surface area (Å²) >= 11 is 0. The molecule has 0 fully saturated rings. The van der Waals surface area contributed by atoms with Crippen LogP contribution in [-0.2, 0) is 14.3 Å². The Labute approximate surface area is 115 Å². The summed E-state index contributed by atoms with van der Waals surface area (Å²) in [5.74, 6) is -1.20. The summed E-state index contributed by atoms with van der Waals surface area (Å²) in [4.78, 5) is 33.4. The van der Waals surface area contributed by atoms with E-state index >= 15 is 0 Å². The Morgan fingerprint density at radius 3 is 2.40 bits per heavy atom. The minimum atomic E-state index is -1.02. The van der Waals surface area contributed by atoms with Gasteiger partial charge in [0.15, 0.2) is 0 Å². The van der Waals surface area contributed by atoms with E-state index in [0.717, 1.165) is 0 Å². The third kappa shape index (κ3) is 4.94. The number of rotatable bonds is 5. The van der Waals surface area contributed by atoms with E-state index in [9.17, 15) is 14.4 Å². The molecule has 0 spiro atoms. The van der Waals surface area contributed by atoms with Crippen LogP contribution in [-0.4, -0.2) is 31.1 Å². The Hall–Kier alpha value is -2.61. The van der Waals surface area contributed by atoms with E-state index in [4.69, 9.17) is 11.5 Å². The molecule has 8 heteroatoms. The number of carbonyl (C=O) groups excluding carboxylic acids is 3. The van der Waals surface area contributed by atoms with Crippen LogP contribution in [0.2, 0.25) is 0 Å². The van der Waals surface area contributed by atoms with Crippen LogP contribution in [0.5, 0.6) is 0 Å². The van der Waals surface area contributed by atoms with Gasteiger partial charge in [-0.3, -0.25) is 14.9 Å². The van der Waals surface area contributed by atoms with E-state index in [0.29, 0.717) is 11.4 Å². The van der Waals surface area contributed by atoms with Crippen molar-refractivity contribution in [2.75, 3.05) is 17.7 Å². The summed E-state index contributed by atoms with van der Waals surface area (Å²) < 4.78 is 4.45. The smallest absolute Gasteiger partial charge is 0.411 e. The van der Waals surface area contributed by atoms with Crippen LogP contribution in [0, 0.1) is 0 Å². The van der Waals surface area contributed by atoms with Crippen molar-refractivity contribution in [1.29, 1.82) is 0 Å². The summed E-state index contributed by atoms with van der Waals surface area (Å²) in [5.41, 5.74) is 11.3. The standard InChI is InChI=1S/C12H16N4O4/c1-20-12(19)16-8-4-2-3-7(5-8)15-11(18)9(13)6-10(14)17/h2-5,9H,6,13H2,1H3,(H2,14,17)(H,15,18)(H,16,19). The maximum atomic E-state index is 11.7. The van der Waals surface area contributed by atoms with Crippen LogP contribution in [0.1, 0.15) is 6.42 Å². The second-order valence-corrected chi connectivity index (χ2v) is 3.96. The fraction of sp³-hybridized carbons (Fsp3) is 0.250. The molecular weight excluding hydrogens is 264 g/mol. The second kappa shape index (κ2) is 7.10. The summed E-state index contributed by atoms with van der Waals surface area (Å²) in [7, 11) is 1.24. The van der Waals surface area contributed by atoms with Gasteiger partial charge in [-0.05, 0) is 18.2 Å². The molecule has 1 aromatic rings. The lowest BCUT2D eigenvalue weighted by atomic mass is 10.2. The molecule has 1 atom stereocenters. The molecule has 1 unspecified atom stereocenters. The summed E-state index contributed by atoms with van der Waals surface area (Å²) in [5, 5.41) is 4.96. The molecule has 1 aromatic carbocycles. The van der Waals surface area contributed by atoms with Crippen molar-refractivity contribution < 1.29 is 19.1 Å². The molecule has 0 aromatic heterocycles. The molecule has 0 saturated heterocycles. The van der Waals surface area contributed by atoms with Crippen molar-refractivity contribution in [2.24, 2.45) is 11.5 Å². The minimum Gasteiger partial charge on any atom is -0.453 e. The topological polar surface area (TPSA) is 137 Å². The van der Waals surface area contributed by atoms with Gasteiger partial charge in [0.25, 0.3) is 0 Å². The Balaban J connectivity index is 2.68. The Morgan fingerprint density at radius 1 is 1.25 bits per heavy atom. The van der Waals surface area contributed by atoms with Crippen molar-refractivity contribution in [1.82, 2.24) is 0 Å². The highest BCUT2D eigenvalue weighted by atomic mass is 16.5. The highest BCUT2D eigenvalue weighted by Gasteiger charge is 2.16. The van der Waals surface area contributed by atoms with E-state index in [1.54, 1.807) is 18.2 Å². The van der Waals surface area contributed by atoms with Crippen molar-refractivity contribution >= 4 is 29.3 Å². The van der Waals surface area contributed by atoms with E-state index in [-0.39, 0.29) is 6.42 Å². The van der Waals surface area contributed by atoms with E-state index in [1.807, 2.05) is 0 Å². The van der Waals surface area contributed by atoms with Gasteiger partial charge in [-0.15, -0.1) is 0 Å². The second-order valence-electron chi connectivity index (χ2n) is 3.96. The molecule has 0 radical (unpaired) electrons. The van der Waals surface area contributed by atoms with E-state index in [2.05, 4.69) is 15.4 Å². The largest absolute Gasteiger partial charge is 0.453 e. The Kier molecular flexibility index (Phi) is 5.48. The molecular formula is C12H16N4O4. The molecule has 8 nitrogen and oxygen atoms in total. The minimum absolute atomic E-state index is 0.244. The molecule has 0 bridgehead atoms. The molecule has 1 rings (SSSR count).